The van der Waals surface area contributed by atoms with Crippen molar-refractivity contribution in [2.75, 3.05) is 19.6 Å². The van der Waals surface area contributed by atoms with Crippen LogP contribution in [0.1, 0.15) is 18.9 Å². The van der Waals surface area contributed by atoms with Crippen molar-refractivity contribution in [3.8, 4) is 0 Å². The highest BCUT2D eigenvalue weighted by atomic mass is 35.5. The van der Waals surface area contributed by atoms with E-state index in [1.54, 1.807) is 0 Å². The molecule has 2 nitrogen and oxygen atoms in total. The Balaban J connectivity index is 1.76. The lowest BCUT2D eigenvalue weighted by Crippen LogP contribution is -2.34. The number of rotatable bonds is 3. The molecule has 2 aliphatic rings. The number of nitrogens with one attached hydrogen (secondary N) is 1. The Morgan fingerprint density at radius 2 is 2.26 bits per heavy atom. The van der Waals surface area contributed by atoms with Crippen LogP contribution >= 0.6 is 11.6 Å². The van der Waals surface area contributed by atoms with E-state index in [0.29, 0.717) is 11.1 Å². The van der Waals surface area contributed by atoms with Crippen LogP contribution in [0.25, 0.3) is 0 Å². The van der Waals surface area contributed by atoms with Crippen LogP contribution in [0.4, 0.5) is 4.39 Å². The largest absolute Gasteiger partial charge is 0.316 e. The minimum atomic E-state index is -0.261. The average Bonchev–Trinajstić information content (AvgIpc) is 2.92. The molecule has 104 valence electrons. The highest BCUT2D eigenvalue weighted by Crippen LogP contribution is 2.35. The SMILES string of the molecule is CCC1C2CNCC2CN1Cc1ccc(F)cc1Cl. The molecule has 0 aromatic heterocycles. The summed E-state index contributed by atoms with van der Waals surface area (Å²) >= 11 is 6.14. The second-order valence-corrected chi connectivity index (χ2v) is 6.13. The molecule has 0 radical (unpaired) electrons. The van der Waals surface area contributed by atoms with E-state index < -0.39 is 0 Å². The van der Waals surface area contributed by atoms with Gasteiger partial charge in [0.05, 0.1) is 0 Å². The van der Waals surface area contributed by atoms with Gasteiger partial charge >= 0.3 is 0 Å². The van der Waals surface area contributed by atoms with Gasteiger partial charge in [-0.05, 0) is 49.0 Å². The molecule has 2 aliphatic heterocycles. The Bertz CT molecular complexity index is 465. The fourth-order valence-electron chi connectivity index (χ4n) is 3.72. The van der Waals surface area contributed by atoms with Crippen LogP contribution < -0.4 is 5.32 Å². The molecule has 0 aliphatic carbocycles. The molecule has 1 aromatic carbocycles. The molecule has 3 rings (SSSR count). The van der Waals surface area contributed by atoms with Gasteiger partial charge in [0, 0.05) is 24.2 Å². The molecular formula is C15H20ClFN2. The van der Waals surface area contributed by atoms with Crippen LogP contribution in [0.2, 0.25) is 5.02 Å². The molecule has 2 heterocycles. The minimum absolute atomic E-state index is 0.261. The van der Waals surface area contributed by atoms with Crippen LogP contribution in [0, 0.1) is 17.7 Å². The molecule has 19 heavy (non-hydrogen) atoms. The van der Waals surface area contributed by atoms with Gasteiger partial charge in [0.25, 0.3) is 0 Å². The summed E-state index contributed by atoms with van der Waals surface area (Å²) in [7, 11) is 0. The molecule has 4 heteroatoms. The van der Waals surface area contributed by atoms with Gasteiger partial charge < -0.3 is 5.32 Å². The van der Waals surface area contributed by atoms with Gasteiger partial charge in [-0.25, -0.2) is 4.39 Å². The van der Waals surface area contributed by atoms with E-state index in [4.69, 9.17) is 11.6 Å². The number of likely N-dealkylation sites (tertiary alicyclic amines) is 1. The Hall–Kier alpha value is -0.640. The Morgan fingerprint density at radius 3 is 3.00 bits per heavy atom. The lowest BCUT2D eigenvalue weighted by molar-refractivity contribution is 0.210. The monoisotopic (exact) mass is 282 g/mol. The summed E-state index contributed by atoms with van der Waals surface area (Å²) in [5.41, 5.74) is 1.04. The molecule has 2 saturated heterocycles. The van der Waals surface area contributed by atoms with Crippen LogP contribution in [0.3, 0.4) is 0 Å². The van der Waals surface area contributed by atoms with Crippen molar-refractivity contribution in [1.29, 1.82) is 0 Å². The van der Waals surface area contributed by atoms with Crippen molar-refractivity contribution in [1.82, 2.24) is 10.2 Å². The van der Waals surface area contributed by atoms with Gasteiger partial charge in [-0.15, -0.1) is 0 Å². The van der Waals surface area contributed by atoms with Crippen molar-refractivity contribution < 1.29 is 4.39 Å². The van der Waals surface area contributed by atoms with Crippen molar-refractivity contribution in [3.63, 3.8) is 0 Å². The predicted octanol–water partition coefficient (Wildman–Crippen LogP) is 2.91. The Morgan fingerprint density at radius 1 is 1.42 bits per heavy atom. The van der Waals surface area contributed by atoms with Crippen LogP contribution in [-0.2, 0) is 6.54 Å². The number of hydrogen-bond donors (Lipinski definition) is 1. The maximum atomic E-state index is 13.1. The van der Waals surface area contributed by atoms with Crippen LogP contribution in [0.5, 0.6) is 0 Å². The molecular weight excluding hydrogens is 263 g/mol. The highest BCUT2D eigenvalue weighted by Gasteiger charge is 2.42. The van der Waals surface area contributed by atoms with Gasteiger partial charge in [0.1, 0.15) is 5.82 Å². The molecule has 0 saturated carbocycles. The lowest BCUT2D eigenvalue weighted by atomic mass is 9.93. The summed E-state index contributed by atoms with van der Waals surface area (Å²) in [4.78, 5) is 2.52. The number of hydrogen-bond acceptors (Lipinski definition) is 2. The van der Waals surface area contributed by atoms with Gasteiger partial charge in [0.15, 0.2) is 0 Å². The van der Waals surface area contributed by atoms with E-state index >= 15 is 0 Å². The first-order chi connectivity index (χ1) is 9.19. The number of halogens is 2. The summed E-state index contributed by atoms with van der Waals surface area (Å²) in [6.07, 6.45) is 1.17. The molecule has 1 N–H and O–H groups in total. The standard InChI is InChI=1S/C15H20ClFN2/c1-2-15-13-7-18-6-11(13)9-19(15)8-10-3-4-12(17)5-14(10)16/h3-5,11,13,15,18H,2,6-9H2,1H3. The molecule has 0 bridgehead atoms. The van der Waals surface area contributed by atoms with Crippen molar-refractivity contribution in [2.24, 2.45) is 11.8 Å². The molecule has 0 spiro atoms. The summed E-state index contributed by atoms with van der Waals surface area (Å²) in [5.74, 6) is 1.27. The normalized spacial score (nSPS) is 30.8. The highest BCUT2D eigenvalue weighted by molar-refractivity contribution is 6.31. The molecule has 2 fully saturated rings. The second kappa shape index (κ2) is 5.39. The number of fused-ring (bicyclic) bond motifs is 1. The first-order valence-electron chi connectivity index (χ1n) is 7.07. The number of benzene rings is 1. The first kappa shape index (κ1) is 13.3. The summed E-state index contributed by atoms with van der Waals surface area (Å²) < 4.78 is 13.1. The number of nitrogens with zero attached hydrogens (tertiary/aromatic N) is 1. The van der Waals surface area contributed by atoms with E-state index in [0.717, 1.165) is 43.6 Å². The van der Waals surface area contributed by atoms with Crippen LogP contribution in [0.15, 0.2) is 18.2 Å². The average molecular weight is 283 g/mol. The molecule has 1 aromatic rings. The zero-order valence-electron chi connectivity index (χ0n) is 11.2. The van der Waals surface area contributed by atoms with Crippen molar-refractivity contribution in [3.05, 3.63) is 34.6 Å². The maximum absolute atomic E-state index is 13.1. The third-order valence-corrected chi connectivity index (χ3v) is 4.98. The van der Waals surface area contributed by atoms with E-state index in [2.05, 4.69) is 17.1 Å². The van der Waals surface area contributed by atoms with Crippen molar-refractivity contribution in [2.45, 2.75) is 25.9 Å². The maximum Gasteiger partial charge on any atom is 0.124 e. The topological polar surface area (TPSA) is 15.3 Å². The quantitative estimate of drug-likeness (QED) is 0.917. The Kier molecular flexibility index (Phi) is 3.79. The predicted molar refractivity (Wildman–Crippen MR) is 75.7 cm³/mol. The van der Waals surface area contributed by atoms with E-state index in [9.17, 15) is 4.39 Å². The first-order valence-corrected chi connectivity index (χ1v) is 7.45. The van der Waals surface area contributed by atoms with Gasteiger partial charge in [-0.1, -0.05) is 24.6 Å². The third-order valence-electron chi connectivity index (χ3n) is 4.63. The van der Waals surface area contributed by atoms with Crippen molar-refractivity contribution >= 4 is 11.6 Å². The molecule has 3 atom stereocenters. The summed E-state index contributed by atoms with van der Waals surface area (Å²) in [6.45, 7) is 6.49. The van der Waals surface area contributed by atoms with Gasteiger partial charge in [-0.3, -0.25) is 4.90 Å². The fraction of sp³-hybridized carbons (Fsp3) is 0.600. The second-order valence-electron chi connectivity index (χ2n) is 5.72. The van der Waals surface area contributed by atoms with E-state index in [-0.39, 0.29) is 5.82 Å². The third kappa shape index (κ3) is 2.51. The Labute approximate surface area is 118 Å². The van der Waals surface area contributed by atoms with Gasteiger partial charge in [-0.2, -0.15) is 0 Å². The minimum Gasteiger partial charge on any atom is -0.316 e. The zero-order valence-corrected chi connectivity index (χ0v) is 12.0. The smallest absolute Gasteiger partial charge is 0.124 e. The summed E-state index contributed by atoms with van der Waals surface area (Å²) in [5, 5.41) is 4.04. The van der Waals surface area contributed by atoms with Gasteiger partial charge in [0.2, 0.25) is 0 Å². The lowest BCUT2D eigenvalue weighted by Gasteiger charge is -2.27. The molecule has 0 amide bonds. The van der Waals surface area contributed by atoms with E-state index in [1.165, 1.54) is 18.6 Å². The fourth-order valence-corrected chi connectivity index (χ4v) is 3.95. The summed E-state index contributed by atoms with van der Waals surface area (Å²) in [6, 6.07) is 5.36. The van der Waals surface area contributed by atoms with Crippen LogP contribution in [-0.4, -0.2) is 30.6 Å². The molecule has 3 unspecified atom stereocenters. The zero-order chi connectivity index (χ0) is 13.4. The van der Waals surface area contributed by atoms with E-state index in [1.807, 2.05) is 6.07 Å².